The Morgan fingerprint density at radius 2 is 1.92 bits per heavy atom. The number of hydrogen-bond donors (Lipinski definition) is 2. The zero-order valence-electron chi connectivity index (χ0n) is 15.1. The lowest BCUT2D eigenvalue weighted by atomic mass is 10.3. The molecule has 1 aromatic heterocycles. The topological polar surface area (TPSA) is 99.4 Å². The molecule has 1 aliphatic heterocycles. The molecule has 2 amide bonds. The number of carbonyl (C=O) groups excluding carboxylic acids is 2. The van der Waals surface area contributed by atoms with E-state index in [4.69, 9.17) is 9.15 Å². The normalized spacial score (nSPS) is 14.5. The molecule has 2 heterocycles. The molecule has 26 heavy (non-hydrogen) atoms. The average molecular weight is 479 g/mol. The summed E-state index contributed by atoms with van der Waals surface area (Å²) in [6.07, 6.45) is 1.28. The SMILES string of the molecule is CCOC(=O)N1CCN(C(=NC)NCC(=O)NCc2ccco2)CC1.I. The van der Waals surface area contributed by atoms with Gasteiger partial charge in [0.15, 0.2) is 5.96 Å². The molecule has 10 heteroatoms. The molecule has 1 aliphatic rings. The van der Waals surface area contributed by atoms with Crippen LogP contribution in [0.25, 0.3) is 0 Å². The molecule has 2 rings (SSSR count). The van der Waals surface area contributed by atoms with Crippen LogP contribution in [0.3, 0.4) is 0 Å². The molecule has 0 radical (unpaired) electrons. The largest absolute Gasteiger partial charge is 0.467 e. The maximum Gasteiger partial charge on any atom is 0.409 e. The van der Waals surface area contributed by atoms with Crippen LogP contribution >= 0.6 is 24.0 Å². The van der Waals surface area contributed by atoms with Crippen LogP contribution in [0.5, 0.6) is 0 Å². The van der Waals surface area contributed by atoms with Crippen molar-refractivity contribution in [2.24, 2.45) is 4.99 Å². The third-order valence-electron chi connectivity index (χ3n) is 3.76. The van der Waals surface area contributed by atoms with Gasteiger partial charge in [0.25, 0.3) is 0 Å². The van der Waals surface area contributed by atoms with Gasteiger partial charge in [-0.2, -0.15) is 0 Å². The molecule has 2 N–H and O–H groups in total. The van der Waals surface area contributed by atoms with Crippen molar-refractivity contribution in [3.8, 4) is 0 Å². The van der Waals surface area contributed by atoms with E-state index in [0.29, 0.717) is 51.1 Å². The molecule has 0 saturated carbocycles. The number of halogens is 1. The maximum atomic E-state index is 11.9. The van der Waals surface area contributed by atoms with Crippen molar-refractivity contribution in [3.63, 3.8) is 0 Å². The summed E-state index contributed by atoms with van der Waals surface area (Å²) in [6.45, 7) is 5.01. The van der Waals surface area contributed by atoms with Gasteiger partial charge in [-0.25, -0.2) is 4.79 Å². The molecule has 9 nitrogen and oxygen atoms in total. The lowest BCUT2D eigenvalue weighted by Crippen LogP contribution is -2.54. The molecule has 0 spiro atoms. The number of furan rings is 1. The van der Waals surface area contributed by atoms with Gasteiger partial charge in [-0.1, -0.05) is 0 Å². The first-order chi connectivity index (χ1) is 12.1. The second kappa shape index (κ2) is 11.6. The summed E-state index contributed by atoms with van der Waals surface area (Å²) in [7, 11) is 1.67. The quantitative estimate of drug-likeness (QED) is 0.370. The number of guanidine groups is 1. The molecule has 1 saturated heterocycles. The van der Waals surface area contributed by atoms with Crippen LogP contribution in [0.4, 0.5) is 4.79 Å². The summed E-state index contributed by atoms with van der Waals surface area (Å²) in [5.74, 6) is 1.19. The Kier molecular flexibility index (Phi) is 9.84. The standard InChI is InChI=1S/C16H25N5O4.HI/c1-3-24-16(23)21-8-6-20(7-9-21)15(17-2)19-12-14(22)18-11-13-5-4-10-25-13;/h4-5,10H,3,6-9,11-12H2,1-2H3,(H,17,19)(H,18,22);1H. The number of carbonyl (C=O) groups is 2. The van der Waals surface area contributed by atoms with Crippen LogP contribution < -0.4 is 10.6 Å². The van der Waals surface area contributed by atoms with E-state index in [1.54, 1.807) is 37.3 Å². The Morgan fingerprint density at radius 1 is 1.23 bits per heavy atom. The summed E-state index contributed by atoms with van der Waals surface area (Å²) >= 11 is 0. The number of amides is 2. The third-order valence-corrected chi connectivity index (χ3v) is 3.76. The van der Waals surface area contributed by atoms with Crippen molar-refractivity contribution in [2.75, 3.05) is 46.4 Å². The van der Waals surface area contributed by atoms with E-state index in [0.717, 1.165) is 0 Å². The first-order valence-electron chi connectivity index (χ1n) is 8.30. The number of hydrogen-bond acceptors (Lipinski definition) is 5. The predicted molar refractivity (Wildman–Crippen MR) is 107 cm³/mol. The van der Waals surface area contributed by atoms with E-state index in [2.05, 4.69) is 15.6 Å². The Hall–Kier alpha value is -1.98. The van der Waals surface area contributed by atoms with Crippen molar-refractivity contribution >= 4 is 41.9 Å². The first-order valence-corrected chi connectivity index (χ1v) is 8.30. The van der Waals surface area contributed by atoms with Crippen LogP contribution in [-0.4, -0.2) is 74.1 Å². The Balaban J connectivity index is 0.00000338. The molecule has 0 aliphatic carbocycles. The van der Waals surface area contributed by atoms with Crippen molar-refractivity contribution in [3.05, 3.63) is 24.2 Å². The van der Waals surface area contributed by atoms with Crippen molar-refractivity contribution in [2.45, 2.75) is 13.5 Å². The van der Waals surface area contributed by atoms with E-state index in [1.807, 2.05) is 4.90 Å². The summed E-state index contributed by atoms with van der Waals surface area (Å²) in [5.41, 5.74) is 0. The summed E-state index contributed by atoms with van der Waals surface area (Å²) in [5, 5.41) is 5.80. The van der Waals surface area contributed by atoms with Gasteiger partial charge < -0.3 is 29.6 Å². The number of nitrogens with one attached hydrogen (secondary N) is 2. The molecule has 0 bridgehead atoms. The minimum atomic E-state index is -0.289. The van der Waals surface area contributed by atoms with E-state index in [1.165, 1.54) is 0 Å². The van der Waals surface area contributed by atoms with Crippen LogP contribution in [-0.2, 0) is 16.1 Å². The Labute approximate surface area is 170 Å². The van der Waals surface area contributed by atoms with E-state index >= 15 is 0 Å². The fourth-order valence-electron chi connectivity index (χ4n) is 2.47. The van der Waals surface area contributed by atoms with Crippen LogP contribution in [0, 0.1) is 0 Å². The Bertz CT molecular complexity index is 585. The van der Waals surface area contributed by atoms with Crippen molar-refractivity contribution < 1.29 is 18.7 Å². The van der Waals surface area contributed by atoms with Crippen LogP contribution in [0.15, 0.2) is 27.8 Å². The molecule has 146 valence electrons. The van der Waals surface area contributed by atoms with Gasteiger partial charge in [-0.3, -0.25) is 9.79 Å². The lowest BCUT2D eigenvalue weighted by Gasteiger charge is -2.35. The van der Waals surface area contributed by atoms with Gasteiger partial charge in [-0.15, -0.1) is 24.0 Å². The van der Waals surface area contributed by atoms with Crippen molar-refractivity contribution in [1.82, 2.24) is 20.4 Å². The molecule has 0 aromatic carbocycles. The van der Waals surface area contributed by atoms with Crippen LogP contribution in [0.2, 0.25) is 0 Å². The van der Waals surface area contributed by atoms with Gasteiger partial charge in [0, 0.05) is 33.2 Å². The van der Waals surface area contributed by atoms with E-state index in [9.17, 15) is 9.59 Å². The van der Waals surface area contributed by atoms with Crippen molar-refractivity contribution in [1.29, 1.82) is 0 Å². The van der Waals surface area contributed by atoms with Gasteiger partial charge in [0.2, 0.25) is 5.91 Å². The van der Waals surface area contributed by atoms with E-state index < -0.39 is 0 Å². The van der Waals surface area contributed by atoms with Gasteiger partial charge in [0.05, 0.1) is 26.0 Å². The monoisotopic (exact) mass is 479 g/mol. The second-order valence-electron chi connectivity index (χ2n) is 5.43. The lowest BCUT2D eigenvalue weighted by molar-refractivity contribution is -0.120. The fourth-order valence-corrected chi connectivity index (χ4v) is 2.47. The van der Waals surface area contributed by atoms with Crippen LogP contribution in [0.1, 0.15) is 12.7 Å². The minimum Gasteiger partial charge on any atom is -0.467 e. The maximum absolute atomic E-state index is 11.9. The molecule has 1 aromatic rings. The third kappa shape index (κ3) is 6.73. The number of ether oxygens (including phenoxy) is 1. The molecule has 1 fully saturated rings. The highest BCUT2D eigenvalue weighted by atomic mass is 127. The summed E-state index contributed by atoms with van der Waals surface area (Å²) < 4.78 is 10.2. The zero-order chi connectivity index (χ0) is 18.1. The predicted octanol–water partition coefficient (Wildman–Crippen LogP) is 0.863. The molecule has 0 unspecified atom stereocenters. The van der Waals surface area contributed by atoms with Gasteiger partial charge >= 0.3 is 6.09 Å². The average Bonchev–Trinajstić information content (AvgIpc) is 3.15. The number of nitrogens with zero attached hydrogens (tertiary/aromatic N) is 3. The Morgan fingerprint density at radius 3 is 2.50 bits per heavy atom. The number of rotatable bonds is 5. The first kappa shape index (κ1) is 22.1. The zero-order valence-corrected chi connectivity index (χ0v) is 17.4. The smallest absolute Gasteiger partial charge is 0.409 e. The number of aliphatic imine (C=N–C) groups is 1. The van der Waals surface area contributed by atoms with E-state index in [-0.39, 0.29) is 42.5 Å². The number of piperazine rings is 1. The molecular formula is C16H26IN5O4. The minimum absolute atomic E-state index is 0. The second-order valence-corrected chi connectivity index (χ2v) is 5.43. The summed E-state index contributed by atoms with van der Waals surface area (Å²) in [6, 6.07) is 3.58. The molecular weight excluding hydrogens is 453 g/mol. The summed E-state index contributed by atoms with van der Waals surface area (Å²) in [4.78, 5) is 31.5. The van der Waals surface area contributed by atoms with Gasteiger partial charge in [0.1, 0.15) is 5.76 Å². The van der Waals surface area contributed by atoms with Gasteiger partial charge in [-0.05, 0) is 19.1 Å². The highest BCUT2D eigenvalue weighted by molar-refractivity contribution is 14.0. The molecule has 0 atom stereocenters. The highest BCUT2D eigenvalue weighted by Gasteiger charge is 2.23. The highest BCUT2D eigenvalue weighted by Crippen LogP contribution is 2.04. The fraction of sp³-hybridized carbons (Fsp3) is 0.562.